The minimum Gasteiger partial charge on any atom is -0.405 e. The second-order valence-electron chi connectivity index (χ2n) is 8.26. The van der Waals surface area contributed by atoms with Gasteiger partial charge in [0.1, 0.15) is 0 Å². The summed E-state index contributed by atoms with van der Waals surface area (Å²) in [6.45, 7) is 7.47. The van der Waals surface area contributed by atoms with Crippen molar-refractivity contribution in [2.45, 2.75) is 64.4 Å². The Labute approximate surface area is 267 Å². The van der Waals surface area contributed by atoms with Crippen molar-refractivity contribution < 1.29 is 81.2 Å². The van der Waals surface area contributed by atoms with E-state index in [1.54, 1.807) is 38.1 Å². The molecule has 2 atom stereocenters. The van der Waals surface area contributed by atoms with Crippen LogP contribution in [-0.2, 0) is 36.7 Å². The molecule has 0 amide bonds. The molecule has 0 N–H and O–H groups in total. The summed E-state index contributed by atoms with van der Waals surface area (Å²) >= 11 is -7.29. The second-order valence-corrected chi connectivity index (χ2v) is 13.9. The van der Waals surface area contributed by atoms with E-state index in [4.69, 9.17) is 25.2 Å². The highest BCUT2D eigenvalue weighted by atomic mass is 80.0. The molecular weight excluding hydrogens is 782 g/mol. The molecule has 0 radical (unpaired) electrons. The van der Waals surface area contributed by atoms with E-state index in [-0.39, 0.29) is 12.4 Å². The fourth-order valence-electron chi connectivity index (χ4n) is 3.98. The minimum absolute atomic E-state index is 0. The molecule has 4 rings (SSSR count). The first-order chi connectivity index (χ1) is 19.4. The van der Waals surface area contributed by atoms with E-state index in [1.165, 1.54) is 0 Å². The van der Waals surface area contributed by atoms with Gasteiger partial charge in [0.15, 0.2) is 19.2 Å². The van der Waals surface area contributed by atoms with Crippen LogP contribution in [0.5, 0.6) is 0 Å². The van der Waals surface area contributed by atoms with Gasteiger partial charge in [0.05, 0.1) is 20.9 Å². The average Bonchev–Trinajstić information content (AvgIpc) is 3.45. The van der Waals surface area contributed by atoms with Gasteiger partial charge in [0.2, 0.25) is 29.6 Å². The van der Waals surface area contributed by atoms with Crippen LogP contribution in [0.4, 0.5) is 26.3 Å². The number of thiophene rings is 2. The Morgan fingerprint density at radius 3 is 1.02 bits per heavy atom. The maximum Gasteiger partial charge on any atom is 0.600 e. The lowest BCUT2D eigenvalue weighted by Crippen LogP contribution is -2.43. The molecule has 0 spiro atoms. The topological polar surface area (TPSA) is 138 Å². The third-order valence-electron chi connectivity index (χ3n) is 5.73. The molecule has 0 bridgehead atoms. The maximum absolute atomic E-state index is 13.1. The number of fused-ring (bicyclic) bond motifs is 2. The summed E-state index contributed by atoms with van der Waals surface area (Å²) in [6, 6.07) is 14.3. The van der Waals surface area contributed by atoms with E-state index < -0.39 is 61.6 Å². The molecule has 244 valence electrons. The first-order valence-electron chi connectivity index (χ1n) is 12.2. The molecule has 17 heteroatoms. The fraction of sp³-hybridized carbons (Fsp3) is 0.385. The Hall–Kier alpha value is -1.05. The van der Waals surface area contributed by atoms with E-state index >= 15 is 0 Å². The van der Waals surface area contributed by atoms with Gasteiger partial charge in [-0.15, -0.1) is 38.7 Å². The van der Waals surface area contributed by atoms with E-state index in [0.717, 1.165) is 34.7 Å². The van der Waals surface area contributed by atoms with E-state index in [1.807, 2.05) is 38.1 Å². The largest absolute Gasteiger partial charge is 0.600 e. The van der Waals surface area contributed by atoms with Crippen molar-refractivity contribution in [1.82, 2.24) is 0 Å². The molecule has 2 heterocycles. The van der Waals surface area contributed by atoms with Gasteiger partial charge in [0, 0.05) is 47.9 Å². The van der Waals surface area contributed by atoms with Crippen molar-refractivity contribution in [3.8, 4) is 0 Å². The van der Waals surface area contributed by atoms with Crippen LogP contribution in [0.1, 0.15) is 48.6 Å². The molecule has 4 aromatic rings. The molecule has 0 aliphatic heterocycles. The molecular formula is C26H29Br2ClF6O6S2. The van der Waals surface area contributed by atoms with Crippen LogP contribution in [0.3, 0.4) is 0 Å². The van der Waals surface area contributed by atoms with Crippen molar-refractivity contribution in [3.05, 3.63) is 69.4 Å². The number of hydrogen-bond donors (Lipinski definition) is 0. The third-order valence-corrected chi connectivity index (χ3v) is 10.1. The van der Waals surface area contributed by atoms with E-state index in [0.29, 0.717) is 32.0 Å². The number of benzene rings is 2. The zero-order chi connectivity index (χ0) is 32.4. The molecule has 0 aliphatic rings. The van der Waals surface area contributed by atoms with Crippen LogP contribution in [0.15, 0.2) is 48.5 Å². The predicted molar refractivity (Wildman–Crippen MR) is 140 cm³/mol. The summed E-state index contributed by atoms with van der Waals surface area (Å²) in [5.41, 5.74) is -6.37. The second kappa shape index (κ2) is 18.8. The molecule has 6 nitrogen and oxygen atoms in total. The zero-order valence-electron chi connectivity index (χ0n) is 23.1. The highest BCUT2D eigenvalue weighted by Crippen LogP contribution is 2.52. The van der Waals surface area contributed by atoms with Gasteiger partial charge < -0.3 is 25.2 Å². The molecule has 0 saturated carbocycles. The molecule has 2 aromatic heterocycles. The summed E-state index contributed by atoms with van der Waals surface area (Å²) in [5.74, 6) is 0. The summed E-state index contributed by atoms with van der Waals surface area (Å²) in [5, 5.41) is 1.47. The smallest absolute Gasteiger partial charge is 0.405 e. The Morgan fingerprint density at radius 2 is 0.814 bits per heavy atom. The third kappa shape index (κ3) is 13.1. The van der Waals surface area contributed by atoms with Crippen LogP contribution in [0.25, 0.3) is 20.2 Å². The Balaban J connectivity index is 0.000000646. The monoisotopic (exact) mass is 808 g/mol. The van der Waals surface area contributed by atoms with Crippen LogP contribution >= 0.6 is 33.3 Å². The lowest BCUT2D eigenvalue weighted by atomic mass is 10.1. The average molecular weight is 811 g/mol. The first-order valence-corrected chi connectivity index (χ1v) is 18.5. The number of rotatable bonds is 4. The maximum atomic E-state index is 13.1. The van der Waals surface area contributed by atoms with Crippen LogP contribution in [0.2, 0.25) is 0 Å². The number of alkyl halides is 6. The highest BCUT2D eigenvalue weighted by molar-refractivity contribution is 7.38. The van der Waals surface area contributed by atoms with Crippen LogP contribution < -0.4 is 25.2 Å². The minimum atomic E-state index is -4.15. The number of aryl methyl sites for hydroxylation is 4. The summed E-state index contributed by atoms with van der Waals surface area (Å²) in [6.07, 6.45) is 2.45. The normalized spacial score (nSPS) is 12.2. The lowest BCUT2D eigenvalue weighted by Gasteiger charge is -1.99. The fourth-order valence-corrected chi connectivity index (χ4v) is 7.97. The van der Waals surface area contributed by atoms with Crippen molar-refractivity contribution in [1.29, 1.82) is 0 Å². The number of halogens is 9. The molecule has 0 aliphatic carbocycles. The summed E-state index contributed by atoms with van der Waals surface area (Å²) < 4.78 is 131. The highest BCUT2D eigenvalue weighted by Gasteiger charge is 2.48. The lowest BCUT2D eigenvalue weighted by molar-refractivity contribution is -1.73. The van der Waals surface area contributed by atoms with Gasteiger partial charge in [0.25, 0.3) is 0 Å². The number of hydrogen-bond acceptors (Lipinski definition) is 6. The Bertz CT molecular complexity index is 1300. The summed E-state index contributed by atoms with van der Waals surface area (Å²) in [4.78, 5) is 1.00. The van der Waals surface area contributed by atoms with Gasteiger partial charge >= 0.3 is 11.0 Å². The molecule has 2 unspecified atom stereocenters. The van der Waals surface area contributed by atoms with Crippen molar-refractivity contribution in [3.63, 3.8) is 0 Å². The zero-order valence-corrected chi connectivity index (χ0v) is 28.8. The van der Waals surface area contributed by atoms with E-state index in [9.17, 15) is 26.3 Å². The van der Waals surface area contributed by atoms with E-state index in [2.05, 4.69) is 0 Å². The molecule has 0 fully saturated rings. The molecule has 2 aromatic carbocycles. The van der Waals surface area contributed by atoms with Gasteiger partial charge in [-0.2, -0.15) is 0 Å². The van der Waals surface area contributed by atoms with Crippen molar-refractivity contribution >= 4 is 53.5 Å². The standard InChI is InChI=1S/2C13H14F3S.2BrO3.ClH/c2*1-3-9-5-6-10-8-11(4-2)17(12(10)7-9)13(14,15)16;2*2-1(3)4;/h2*5-8H,3-4H2,1-2H3;;;1H/q2*+1;2*-1;. The predicted octanol–water partition coefficient (Wildman–Crippen LogP) is 3.67. The Morgan fingerprint density at radius 1 is 0.535 bits per heavy atom. The summed E-state index contributed by atoms with van der Waals surface area (Å²) in [7, 11) is -3.42. The van der Waals surface area contributed by atoms with Gasteiger partial charge in [-0.25, -0.2) is 0 Å². The van der Waals surface area contributed by atoms with Crippen molar-refractivity contribution in [2.24, 2.45) is 0 Å². The van der Waals surface area contributed by atoms with Gasteiger partial charge in [-0.3, -0.25) is 0 Å². The SMILES string of the molecule is CCc1ccc2cc(CC)[s+](C(F)(F)F)c2c1.CCc1ccc2cc(CC)[s+](C(F)(F)F)c2c1.Cl.[O-][Br+2]([O-])[O-].[O-][Br+2]([O-])[O-]. The van der Waals surface area contributed by atoms with Crippen LogP contribution in [0, 0.1) is 29.6 Å². The quantitative estimate of drug-likeness (QED) is 0.228. The van der Waals surface area contributed by atoms with Crippen LogP contribution in [-0.4, -0.2) is 0 Å². The Kier molecular flexibility index (Phi) is 18.3. The molecule has 0 saturated heterocycles. The van der Waals surface area contributed by atoms with Gasteiger partial charge in [-0.1, -0.05) is 39.8 Å². The van der Waals surface area contributed by atoms with Gasteiger partial charge in [-0.05, 0) is 36.1 Å². The first kappa shape index (κ1) is 42.0. The van der Waals surface area contributed by atoms with Crippen molar-refractivity contribution in [2.75, 3.05) is 0 Å². The molecule has 43 heavy (non-hydrogen) atoms.